The Morgan fingerprint density at radius 3 is 2.67 bits per heavy atom. The van der Waals surface area contributed by atoms with E-state index in [0.29, 0.717) is 11.6 Å². The number of hydrogen-bond acceptors (Lipinski definition) is 1. The molecular weight excluding hydrogens is 179 g/mol. The number of rotatable bonds is 2. The molecule has 0 aromatic heterocycles. The molecule has 1 aromatic rings. The molecular formula is C9H10ClFO. The predicted molar refractivity (Wildman–Crippen MR) is 47.3 cm³/mol. The normalized spacial score (nSPS) is 10.0. The molecule has 0 unspecified atom stereocenters. The van der Waals surface area contributed by atoms with E-state index in [1.165, 1.54) is 6.07 Å². The van der Waals surface area contributed by atoms with E-state index in [1.807, 2.05) is 0 Å². The Hall–Kier alpha value is -0.760. The zero-order valence-electron chi connectivity index (χ0n) is 7.03. The smallest absolute Gasteiger partial charge is 0.173 e. The van der Waals surface area contributed by atoms with E-state index >= 15 is 0 Å². The summed E-state index contributed by atoms with van der Waals surface area (Å²) < 4.78 is 18.1. The van der Waals surface area contributed by atoms with Gasteiger partial charge in [-0.15, -0.1) is 0 Å². The molecule has 0 saturated carbocycles. The highest BCUT2D eigenvalue weighted by Gasteiger charge is 2.08. The quantitative estimate of drug-likeness (QED) is 0.693. The Bertz CT molecular complexity index is 263. The molecule has 0 heterocycles. The Morgan fingerprint density at radius 1 is 1.50 bits per heavy atom. The second-order valence-electron chi connectivity index (χ2n) is 2.49. The molecule has 0 bridgehead atoms. The van der Waals surface area contributed by atoms with Gasteiger partial charge in [-0.3, -0.25) is 0 Å². The van der Waals surface area contributed by atoms with Gasteiger partial charge in [-0.05, 0) is 31.5 Å². The van der Waals surface area contributed by atoms with E-state index in [9.17, 15) is 4.39 Å². The van der Waals surface area contributed by atoms with Crippen molar-refractivity contribution in [1.82, 2.24) is 0 Å². The van der Waals surface area contributed by atoms with E-state index in [4.69, 9.17) is 16.3 Å². The molecule has 0 atom stereocenters. The molecule has 0 amide bonds. The van der Waals surface area contributed by atoms with Gasteiger partial charge in [-0.1, -0.05) is 11.6 Å². The van der Waals surface area contributed by atoms with Crippen LogP contribution in [0.4, 0.5) is 4.39 Å². The number of hydrogen-bond donors (Lipinski definition) is 0. The lowest BCUT2D eigenvalue weighted by molar-refractivity contribution is 0.321. The van der Waals surface area contributed by atoms with Crippen molar-refractivity contribution in [3.05, 3.63) is 28.5 Å². The minimum Gasteiger partial charge on any atom is -0.489 e. The first kappa shape index (κ1) is 9.33. The highest BCUT2D eigenvalue weighted by molar-refractivity contribution is 6.32. The van der Waals surface area contributed by atoms with Crippen molar-refractivity contribution in [1.29, 1.82) is 0 Å². The molecule has 1 rings (SSSR count). The van der Waals surface area contributed by atoms with Gasteiger partial charge in [-0.25, -0.2) is 4.39 Å². The molecule has 0 radical (unpaired) electrons. The van der Waals surface area contributed by atoms with E-state index in [2.05, 4.69) is 0 Å². The maximum atomic E-state index is 13.1. The third kappa shape index (κ3) is 1.89. The number of benzene rings is 1. The maximum Gasteiger partial charge on any atom is 0.173 e. The second-order valence-corrected chi connectivity index (χ2v) is 2.90. The minimum atomic E-state index is -0.401. The van der Waals surface area contributed by atoms with Crippen molar-refractivity contribution in [3.8, 4) is 5.75 Å². The zero-order chi connectivity index (χ0) is 9.14. The average molecular weight is 189 g/mol. The topological polar surface area (TPSA) is 9.23 Å². The fraction of sp³-hybridized carbons (Fsp3) is 0.333. The van der Waals surface area contributed by atoms with Crippen LogP contribution in [-0.4, -0.2) is 6.61 Å². The van der Waals surface area contributed by atoms with Crippen molar-refractivity contribution in [3.63, 3.8) is 0 Å². The summed E-state index contributed by atoms with van der Waals surface area (Å²) in [5.74, 6) is -0.258. The third-order valence-electron chi connectivity index (χ3n) is 1.43. The number of halogens is 2. The maximum absolute atomic E-state index is 13.1. The Balaban J connectivity index is 3.10. The van der Waals surface area contributed by atoms with Crippen molar-refractivity contribution >= 4 is 11.6 Å². The van der Waals surface area contributed by atoms with Gasteiger partial charge in [0, 0.05) is 0 Å². The standard InChI is InChI=1S/C9H10ClFO/c1-3-12-9-7(10)4-6(2)5-8(9)11/h4-5H,3H2,1-2H3. The summed E-state index contributed by atoms with van der Waals surface area (Å²) in [4.78, 5) is 0. The summed E-state index contributed by atoms with van der Waals surface area (Å²) in [5.41, 5.74) is 0.793. The van der Waals surface area contributed by atoms with Gasteiger partial charge < -0.3 is 4.74 Å². The van der Waals surface area contributed by atoms with Crippen LogP contribution in [-0.2, 0) is 0 Å². The lowest BCUT2D eigenvalue weighted by Gasteiger charge is -2.06. The lowest BCUT2D eigenvalue weighted by atomic mass is 10.2. The molecule has 0 aliphatic heterocycles. The Kier molecular flexibility index (Phi) is 2.93. The summed E-state index contributed by atoms with van der Waals surface area (Å²) in [7, 11) is 0. The molecule has 0 fully saturated rings. The van der Waals surface area contributed by atoms with Crippen LogP contribution in [0.5, 0.6) is 5.75 Å². The molecule has 0 aliphatic carbocycles. The van der Waals surface area contributed by atoms with Crippen LogP contribution in [0.3, 0.4) is 0 Å². The van der Waals surface area contributed by atoms with Crippen LogP contribution in [0.15, 0.2) is 12.1 Å². The molecule has 1 aromatic carbocycles. The van der Waals surface area contributed by atoms with E-state index < -0.39 is 5.82 Å². The van der Waals surface area contributed by atoms with Crippen molar-refractivity contribution in [2.24, 2.45) is 0 Å². The van der Waals surface area contributed by atoms with Crippen molar-refractivity contribution in [2.75, 3.05) is 6.61 Å². The average Bonchev–Trinajstić information content (AvgIpc) is 1.96. The van der Waals surface area contributed by atoms with Gasteiger partial charge in [0.2, 0.25) is 0 Å². The van der Waals surface area contributed by atoms with E-state index in [0.717, 1.165) is 5.56 Å². The van der Waals surface area contributed by atoms with E-state index in [1.54, 1.807) is 19.9 Å². The second kappa shape index (κ2) is 3.76. The van der Waals surface area contributed by atoms with Crippen molar-refractivity contribution < 1.29 is 9.13 Å². The highest BCUT2D eigenvalue weighted by atomic mass is 35.5. The van der Waals surface area contributed by atoms with Gasteiger partial charge in [-0.2, -0.15) is 0 Å². The van der Waals surface area contributed by atoms with Crippen LogP contribution < -0.4 is 4.74 Å². The summed E-state index contributed by atoms with van der Waals surface area (Å²) in [6.07, 6.45) is 0. The van der Waals surface area contributed by atoms with E-state index in [-0.39, 0.29) is 5.75 Å². The van der Waals surface area contributed by atoms with Crippen LogP contribution >= 0.6 is 11.6 Å². The highest BCUT2D eigenvalue weighted by Crippen LogP contribution is 2.28. The van der Waals surface area contributed by atoms with Gasteiger partial charge in [0.1, 0.15) is 0 Å². The molecule has 0 N–H and O–H groups in total. The van der Waals surface area contributed by atoms with Crippen LogP contribution in [0.1, 0.15) is 12.5 Å². The van der Waals surface area contributed by atoms with Crippen molar-refractivity contribution in [2.45, 2.75) is 13.8 Å². The summed E-state index contributed by atoms with van der Waals surface area (Å²) in [6, 6.07) is 3.08. The first-order valence-electron chi connectivity index (χ1n) is 3.73. The lowest BCUT2D eigenvalue weighted by Crippen LogP contribution is -1.95. The fourth-order valence-electron chi connectivity index (χ4n) is 0.969. The minimum absolute atomic E-state index is 0.143. The monoisotopic (exact) mass is 188 g/mol. The first-order valence-corrected chi connectivity index (χ1v) is 4.11. The predicted octanol–water partition coefficient (Wildman–Crippen LogP) is 3.19. The Labute approximate surface area is 76.1 Å². The summed E-state index contributed by atoms with van der Waals surface area (Å²) in [5, 5.41) is 0.328. The molecule has 1 nitrogen and oxygen atoms in total. The SMILES string of the molecule is CCOc1c(F)cc(C)cc1Cl. The zero-order valence-corrected chi connectivity index (χ0v) is 7.78. The van der Waals surface area contributed by atoms with Crippen LogP contribution in [0, 0.1) is 12.7 Å². The number of aryl methyl sites for hydroxylation is 1. The molecule has 12 heavy (non-hydrogen) atoms. The molecule has 66 valence electrons. The largest absolute Gasteiger partial charge is 0.489 e. The van der Waals surface area contributed by atoms with Gasteiger partial charge in [0.15, 0.2) is 11.6 Å². The third-order valence-corrected chi connectivity index (χ3v) is 1.71. The van der Waals surface area contributed by atoms with Gasteiger partial charge in [0.05, 0.1) is 11.6 Å². The summed E-state index contributed by atoms with van der Waals surface area (Å²) in [6.45, 7) is 3.99. The van der Waals surface area contributed by atoms with Crippen LogP contribution in [0.25, 0.3) is 0 Å². The molecule has 0 spiro atoms. The van der Waals surface area contributed by atoms with Crippen LogP contribution in [0.2, 0.25) is 5.02 Å². The summed E-state index contributed by atoms with van der Waals surface area (Å²) >= 11 is 5.75. The van der Waals surface area contributed by atoms with Gasteiger partial charge in [0.25, 0.3) is 0 Å². The Morgan fingerprint density at radius 2 is 2.17 bits per heavy atom. The number of ether oxygens (including phenoxy) is 1. The molecule has 3 heteroatoms. The first-order chi connectivity index (χ1) is 5.65. The fourth-order valence-corrected chi connectivity index (χ4v) is 1.29. The van der Waals surface area contributed by atoms with Gasteiger partial charge >= 0.3 is 0 Å². The molecule has 0 saturated heterocycles. The molecule has 0 aliphatic rings.